The Hall–Kier alpha value is -0.0100. The van der Waals surface area contributed by atoms with Gasteiger partial charge in [-0.15, -0.1) is 11.8 Å². The molecule has 2 fully saturated rings. The standard InChI is InChI=1S/C15H20O3S3/c16-21-17-10-4-7-14(18-21)15(8-11-19-12-9-15)20-13-5-2-1-3-6-13/h1-3,5-6,14H,4,7-12H2. The molecule has 0 amide bonds. The fraction of sp³-hybridized carbons (Fsp3) is 0.600. The summed E-state index contributed by atoms with van der Waals surface area (Å²) in [4.78, 5) is 1.27. The van der Waals surface area contributed by atoms with Gasteiger partial charge in [-0.3, -0.25) is 8.37 Å². The van der Waals surface area contributed by atoms with E-state index < -0.39 is 11.4 Å². The van der Waals surface area contributed by atoms with Gasteiger partial charge in [0.25, 0.3) is 0 Å². The first kappa shape index (κ1) is 15.9. The monoisotopic (exact) mass is 344 g/mol. The molecule has 2 unspecified atom stereocenters. The highest BCUT2D eigenvalue weighted by Gasteiger charge is 2.43. The molecule has 2 aliphatic heterocycles. The molecule has 0 aromatic heterocycles. The largest absolute Gasteiger partial charge is 0.304 e. The minimum atomic E-state index is -1.59. The van der Waals surface area contributed by atoms with Gasteiger partial charge in [0.2, 0.25) is 0 Å². The summed E-state index contributed by atoms with van der Waals surface area (Å²) in [6.07, 6.45) is 4.04. The summed E-state index contributed by atoms with van der Waals surface area (Å²) in [5, 5.41) is 0. The summed E-state index contributed by atoms with van der Waals surface area (Å²) in [7, 11) is 0. The van der Waals surface area contributed by atoms with Gasteiger partial charge in [0.1, 0.15) is 0 Å². The van der Waals surface area contributed by atoms with Crippen LogP contribution in [0.4, 0.5) is 0 Å². The van der Waals surface area contributed by atoms with E-state index in [4.69, 9.17) is 8.37 Å². The van der Waals surface area contributed by atoms with E-state index >= 15 is 0 Å². The molecular formula is C15H20O3S3. The average molecular weight is 345 g/mol. The topological polar surface area (TPSA) is 35.5 Å². The molecule has 2 heterocycles. The summed E-state index contributed by atoms with van der Waals surface area (Å²) in [6.45, 7) is 0.532. The van der Waals surface area contributed by atoms with Crippen LogP contribution in [0.2, 0.25) is 0 Å². The third-order valence-electron chi connectivity index (χ3n) is 3.98. The van der Waals surface area contributed by atoms with Crippen molar-refractivity contribution in [2.24, 2.45) is 0 Å². The second-order valence-electron chi connectivity index (χ2n) is 5.35. The Kier molecular flexibility index (Phi) is 5.67. The lowest BCUT2D eigenvalue weighted by molar-refractivity contribution is 0.153. The molecule has 116 valence electrons. The molecule has 1 aromatic carbocycles. The van der Waals surface area contributed by atoms with Crippen LogP contribution >= 0.6 is 23.5 Å². The predicted molar refractivity (Wildman–Crippen MR) is 89.8 cm³/mol. The zero-order chi connectivity index (χ0) is 14.5. The normalized spacial score (nSPS) is 29.7. The van der Waals surface area contributed by atoms with Gasteiger partial charge in [-0.2, -0.15) is 16.0 Å². The number of benzene rings is 1. The van der Waals surface area contributed by atoms with E-state index in [1.165, 1.54) is 4.90 Å². The molecule has 0 radical (unpaired) electrons. The maximum absolute atomic E-state index is 11.8. The lowest BCUT2D eigenvalue weighted by Gasteiger charge is -2.41. The quantitative estimate of drug-likeness (QED) is 0.833. The molecule has 6 heteroatoms. The molecule has 3 rings (SSSR count). The van der Waals surface area contributed by atoms with E-state index in [2.05, 4.69) is 24.3 Å². The molecule has 3 nitrogen and oxygen atoms in total. The molecular weight excluding hydrogens is 324 g/mol. The molecule has 0 saturated carbocycles. The first-order valence-electron chi connectivity index (χ1n) is 7.32. The first-order chi connectivity index (χ1) is 10.3. The Morgan fingerprint density at radius 3 is 2.76 bits per heavy atom. The number of hydrogen-bond donors (Lipinski definition) is 0. The third-order valence-corrected chi connectivity index (χ3v) is 7.29. The Morgan fingerprint density at radius 2 is 2.00 bits per heavy atom. The molecule has 21 heavy (non-hydrogen) atoms. The van der Waals surface area contributed by atoms with Crippen LogP contribution in [0.1, 0.15) is 25.7 Å². The van der Waals surface area contributed by atoms with Gasteiger partial charge < -0.3 is 0 Å². The van der Waals surface area contributed by atoms with Crippen LogP contribution in [-0.2, 0) is 19.7 Å². The van der Waals surface area contributed by atoms with Gasteiger partial charge in [0.15, 0.2) is 0 Å². The van der Waals surface area contributed by atoms with Crippen LogP contribution in [0.15, 0.2) is 35.2 Å². The lowest BCUT2D eigenvalue weighted by Crippen LogP contribution is -2.44. The van der Waals surface area contributed by atoms with Gasteiger partial charge in [0, 0.05) is 9.64 Å². The van der Waals surface area contributed by atoms with E-state index in [1.807, 2.05) is 29.6 Å². The summed E-state index contributed by atoms with van der Waals surface area (Å²) in [6, 6.07) is 10.5. The van der Waals surface area contributed by atoms with Crippen molar-refractivity contribution in [3.8, 4) is 0 Å². The second kappa shape index (κ2) is 7.51. The van der Waals surface area contributed by atoms with Crippen LogP contribution in [0.5, 0.6) is 0 Å². The minimum Gasteiger partial charge on any atom is -0.268 e. The molecule has 0 N–H and O–H groups in total. The Bertz CT molecular complexity index is 474. The fourth-order valence-corrected chi connectivity index (χ4v) is 6.64. The molecule has 2 atom stereocenters. The van der Waals surface area contributed by atoms with Crippen molar-refractivity contribution in [2.75, 3.05) is 18.1 Å². The number of thioether (sulfide) groups is 2. The van der Waals surface area contributed by atoms with Crippen molar-refractivity contribution < 1.29 is 12.6 Å². The Labute approximate surface area is 137 Å². The summed E-state index contributed by atoms with van der Waals surface area (Å²) in [5.74, 6) is 2.29. The predicted octanol–water partition coefficient (Wildman–Crippen LogP) is 3.82. The molecule has 0 bridgehead atoms. The van der Waals surface area contributed by atoms with Gasteiger partial charge in [-0.1, -0.05) is 18.2 Å². The first-order valence-corrected chi connectivity index (χ1v) is 10.3. The van der Waals surface area contributed by atoms with E-state index in [9.17, 15) is 4.21 Å². The van der Waals surface area contributed by atoms with Crippen molar-refractivity contribution in [2.45, 2.75) is 41.4 Å². The maximum atomic E-state index is 11.8. The van der Waals surface area contributed by atoms with Gasteiger partial charge in [-0.25, -0.2) is 0 Å². The number of hydrogen-bond acceptors (Lipinski definition) is 5. The van der Waals surface area contributed by atoms with Crippen LogP contribution in [0.25, 0.3) is 0 Å². The highest BCUT2D eigenvalue weighted by molar-refractivity contribution is 8.01. The van der Waals surface area contributed by atoms with Gasteiger partial charge in [0.05, 0.1) is 12.7 Å². The average Bonchev–Trinajstić information content (AvgIpc) is 2.74. The summed E-state index contributed by atoms with van der Waals surface area (Å²) < 4.78 is 22.7. The second-order valence-corrected chi connectivity index (χ2v) is 8.90. The highest BCUT2D eigenvalue weighted by atomic mass is 32.2. The molecule has 0 aliphatic carbocycles. The van der Waals surface area contributed by atoms with Crippen LogP contribution < -0.4 is 0 Å². The smallest absolute Gasteiger partial charge is 0.268 e. The highest BCUT2D eigenvalue weighted by Crippen LogP contribution is 2.48. The van der Waals surface area contributed by atoms with E-state index in [0.29, 0.717) is 6.61 Å². The van der Waals surface area contributed by atoms with E-state index in [1.54, 1.807) is 0 Å². The number of rotatable bonds is 3. The van der Waals surface area contributed by atoms with Crippen molar-refractivity contribution in [3.63, 3.8) is 0 Å². The minimum absolute atomic E-state index is 0.00643. The van der Waals surface area contributed by atoms with Crippen LogP contribution in [0.3, 0.4) is 0 Å². The maximum Gasteiger partial charge on any atom is 0.304 e. The van der Waals surface area contributed by atoms with E-state index in [0.717, 1.165) is 37.2 Å². The third kappa shape index (κ3) is 4.05. The van der Waals surface area contributed by atoms with E-state index in [-0.39, 0.29) is 10.9 Å². The van der Waals surface area contributed by atoms with Crippen molar-refractivity contribution in [1.82, 2.24) is 0 Å². The van der Waals surface area contributed by atoms with Crippen LogP contribution in [0, 0.1) is 0 Å². The van der Waals surface area contributed by atoms with Gasteiger partial charge in [-0.05, 0) is 49.3 Å². The SMILES string of the molecule is O=S1OCCCC(C2(Sc3ccccc3)CCSCC2)O1. The molecule has 2 saturated heterocycles. The Morgan fingerprint density at radius 1 is 1.24 bits per heavy atom. The zero-order valence-electron chi connectivity index (χ0n) is 11.9. The Balaban J connectivity index is 1.83. The van der Waals surface area contributed by atoms with Crippen molar-refractivity contribution in [1.29, 1.82) is 0 Å². The summed E-state index contributed by atoms with van der Waals surface area (Å²) in [5.41, 5.74) is 0. The van der Waals surface area contributed by atoms with Gasteiger partial charge >= 0.3 is 11.4 Å². The molecule has 0 spiro atoms. The zero-order valence-corrected chi connectivity index (χ0v) is 14.3. The van der Waals surface area contributed by atoms with Crippen LogP contribution in [-0.4, -0.2) is 33.2 Å². The molecule has 2 aliphatic rings. The molecule has 1 aromatic rings. The fourth-order valence-electron chi connectivity index (χ4n) is 2.85. The lowest BCUT2D eigenvalue weighted by atomic mass is 9.91. The van der Waals surface area contributed by atoms with Crippen molar-refractivity contribution >= 4 is 34.9 Å². The summed E-state index contributed by atoms with van der Waals surface area (Å²) >= 11 is 2.31. The van der Waals surface area contributed by atoms with Crippen molar-refractivity contribution in [3.05, 3.63) is 30.3 Å².